The summed E-state index contributed by atoms with van der Waals surface area (Å²) in [5, 5.41) is 0. The largest absolute Gasteiger partial charge is 0.345 e. The van der Waals surface area contributed by atoms with E-state index < -0.39 is 0 Å². The number of carbonyl (C=O) groups is 2. The molecule has 1 unspecified atom stereocenters. The van der Waals surface area contributed by atoms with E-state index >= 15 is 0 Å². The molecule has 0 N–H and O–H groups in total. The Hall–Kier alpha value is -2.89. The van der Waals surface area contributed by atoms with E-state index in [1.807, 2.05) is 28.8 Å². The third kappa shape index (κ3) is 3.40. The van der Waals surface area contributed by atoms with E-state index in [0.717, 1.165) is 16.9 Å². The maximum absolute atomic E-state index is 12.8. The molecule has 2 aromatic rings. The summed E-state index contributed by atoms with van der Waals surface area (Å²) in [6.45, 7) is 9.19. The summed E-state index contributed by atoms with van der Waals surface area (Å²) >= 11 is 0. The molecule has 3 rings (SSSR count). The smallest absolute Gasteiger partial charge is 0.243 e. The van der Waals surface area contributed by atoms with Gasteiger partial charge < -0.3 is 14.4 Å². The molecular weight excluding hydrogens is 328 g/mol. The number of nitrogens with zero attached hydrogens (tertiary/aromatic N) is 4. The van der Waals surface area contributed by atoms with Crippen molar-refractivity contribution < 1.29 is 9.59 Å². The van der Waals surface area contributed by atoms with Crippen molar-refractivity contribution in [3.63, 3.8) is 0 Å². The Balaban J connectivity index is 1.96. The van der Waals surface area contributed by atoms with Crippen LogP contribution >= 0.6 is 0 Å². The molecule has 2 heterocycles. The molecule has 1 aliphatic rings. The SMILES string of the molecule is C=CCN(CC=C)C(=O)Cn1c(C2CC(=O)N(C)C2)nc2ccccc21. The third-order valence-electron chi connectivity index (χ3n) is 4.74. The van der Waals surface area contributed by atoms with Crippen LogP contribution in [-0.2, 0) is 16.1 Å². The fourth-order valence-electron chi connectivity index (χ4n) is 3.43. The van der Waals surface area contributed by atoms with Crippen molar-refractivity contribution in [2.24, 2.45) is 0 Å². The summed E-state index contributed by atoms with van der Waals surface area (Å²) in [7, 11) is 1.80. The van der Waals surface area contributed by atoms with Gasteiger partial charge in [-0.05, 0) is 12.1 Å². The molecule has 0 aliphatic carbocycles. The number of amides is 2. The molecule has 1 saturated heterocycles. The van der Waals surface area contributed by atoms with E-state index in [2.05, 4.69) is 13.2 Å². The van der Waals surface area contributed by atoms with E-state index in [0.29, 0.717) is 26.1 Å². The Labute approximate surface area is 153 Å². The second kappa shape index (κ2) is 7.56. The zero-order valence-corrected chi connectivity index (χ0v) is 15.1. The Morgan fingerprint density at radius 2 is 2.00 bits per heavy atom. The van der Waals surface area contributed by atoms with Crippen LogP contribution in [0.1, 0.15) is 18.2 Å². The van der Waals surface area contributed by atoms with Crippen LogP contribution in [0.4, 0.5) is 0 Å². The highest BCUT2D eigenvalue weighted by atomic mass is 16.2. The van der Waals surface area contributed by atoms with Crippen LogP contribution in [0.2, 0.25) is 0 Å². The number of carbonyl (C=O) groups excluding carboxylic acids is 2. The van der Waals surface area contributed by atoms with Crippen LogP contribution in [0.5, 0.6) is 0 Å². The minimum Gasteiger partial charge on any atom is -0.345 e. The standard InChI is InChI=1S/C20H24N4O2/c1-4-10-23(11-5-2)19(26)14-24-17-9-7-6-8-16(17)21-20(24)15-12-18(25)22(3)13-15/h4-9,15H,1-2,10-14H2,3H3. The molecule has 0 spiro atoms. The molecule has 6 heteroatoms. The number of fused-ring (bicyclic) bond motifs is 1. The van der Waals surface area contributed by atoms with Gasteiger partial charge in [0, 0.05) is 39.0 Å². The predicted molar refractivity (Wildman–Crippen MR) is 102 cm³/mol. The molecule has 1 atom stereocenters. The minimum absolute atomic E-state index is 0.0000383. The highest BCUT2D eigenvalue weighted by Gasteiger charge is 2.32. The van der Waals surface area contributed by atoms with Crippen LogP contribution in [0.25, 0.3) is 11.0 Å². The van der Waals surface area contributed by atoms with Gasteiger partial charge in [-0.3, -0.25) is 9.59 Å². The fraction of sp³-hybridized carbons (Fsp3) is 0.350. The first kappa shape index (κ1) is 17.9. The van der Waals surface area contributed by atoms with Crippen molar-refractivity contribution >= 4 is 22.8 Å². The molecule has 136 valence electrons. The quantitative estimate of drug-likeness (QED) is 0.718. The highest BCUT2D eigenvalue weighted by molar-refractivity contribution is 5.83. The van der Waals surface area contributed by atoms with Gasteiger partial charge in [0.15, 0.2) is 0 Å². The topological polar surface area (TPSA) is 58.4 Å². The van der Waals surface area contributed by atoms with E-state index in [1.165, 1.54) is 0 Å². The minimum atomic E-state index is -0.0214. The maximum atomic E-state index is 12.8. The molecule has 2 amide bonds. The normalized spacial score (nSPS) is 16.9. The Morgan fingerprint density at radius 3 is 2.62 bits per heavy atom. The molecule has 26 heavy (non-hydrogen) atoms. The first-order valence-electron chi connectivity index (χ1n) is 8.73. The van der Waals surface area contributed by atoms with Crippen molar-refractivity contribution in [3.05, 3.63) is 55.4 Å². The van der Waals surface area contributed by atoms with Crippen LogP contribution in [0.3, 0.4) is 0 Å². The zero-order chi connectivity index (χ0) is 18.7. The predicted octanol–water partition coefficient (Wildman–Crippen LogP) is 2.18. The number of hydrogen-bond donors (Lipinski definition) is 0. The number of likely N-dealkylation sites (N-methyl/N-ethyl adjacent to an activating group) is 1. The van der Waals surface area contributed by atoms with Gasteiger partial charge in [0.25, 0.3) is 0 Å². The summed E-state index contributed by atoms with van der Waals surface area (Å²) < 4.78 is 1.95. The van der Waals surface area contributed by atoms with Gasteiger partial charge in [-0.1, -0.05) is 24.3 Å². The van der Waals surface area contributed by atoms with Crippen molar-refractivity contribution in [1.29, 1.82) is 0 Å². The monoisotopic (exact) mass is 352 g/mol. The molecule has 0 radical (unpaired) electrons. The van der Waals surface area contributed by atoms with Gasteiger partial charge in [0.1, 0.15) is 12.4 Å². The summed E-state index contributed by atoms with van der Waals surface area (Å²) in [6.07, 6.45) is 3.84. The van der Waals surface area contributed by atoms with Crippen molar-refractivity contribution in [1.82, 2.24) is 19.4 Å². The van der Waals surface area contributed by atoms with Gasteiger partial charge in [-0.25, -0.2) is 4.98 Å². The average Bonchev–Trinajstić information content (AvgIpc) is 3.15. The number of likely N-dealkylation sites (tertiary alicyclic amines) is 1. The Bertz CT molecular complexity index is 845. The lowest BCUT2D eigenvalue weighted by Gasteiger charge is -2.21. The molecule has 0 bridgehead atoms. The van der Waals surface area contributed by atoms with Gasteiger partial charge in [0.2, 0.25) is 11.8 Å². The van der Waals surface area contributed by atoms with E-state index in [1.54, 1.807) is 29.0 Å². The molecule has 1 fully saturated rings. The summed E-state index contributed by atoms with van der Waals surface area (Å²) in [6, 6.07) is 7.77. The van der Waals surface area contributed by atoms with Crippen LogP contribution in [0, 0.1) is 0 Å². The average molecular weight is 352 g/mol. The molecular formula is C20H24N4O2. The highest BCUT2D eigenvalue weighted by Crippen LogP contribution is 2.29. The number of benzene rings is 1. The maximum Gasteiger partial charge on any atom is 0.243 e. The van der Waals surface area contributed by atoms with E-state index in [4.69, 9.17) is 4.98 Å². The number of hydrogen-bond acceptors (Lipinski definition) is 3. The van der Waals surface area contributed by atoms with Crippen LogP contribution in [-0.4, -0.2) is 57.8 Å². The van der Waals surface area contributed by atoms with Crippen LogP contribution < -0.4 is 0 Å². The van der Waals surface area contributed by atoms with Gasteiger partial charge in [0.05, 0.1) is 11.0 Å². The zero-order valence-electron chi connectivity index (χ0n) is 15.1. The van der Waals surface area contributed by atoms with Crippen molar-refractivity contribution in [3.8, 4) is 0 Å². The molecule has 1 aromatic carbocycles. The third-order valence-corrected chi connectivity index (χ3v) is 4.74. The molecule has 1 aliphatic heterocycles. The van der Waals surface area contributed by atoms with Crippen molar-refractivity contribution in [2.75, 3.05) is 26.7 Å². The Kier molecular flexibility index (Phi) is 5.21. The summed E-state index contributed by atoms with van der Waals surface area (Å²) in [5.74, 6) is 0.890. The lowest BCUT2D eigenvalue weighted by atomic mass is 10.1. The molecule has 1 aromatic heterocycles. The summed E-state index contributed by atoms with van der Waals surface area (Å²) in [4.78, 5) is 33.0. The van der Waals surface area contributed by atoms with Crippen molar-refractivity contribution in [2.45, 2.75) is 18.9 Å². The second-order valence-electron chi connectivity index (χ2n) is 6.60. The molecule has 6 nitrogen and oxygen atoms in total. The van der Waals surface area contributed by atoms with Gasteiger partial charge in [-0.15, -0.1) is 13.2 Å². The van der Waals surface area contributed by atoms with Gasteiger partial charge >= 0.3 is 0 Å². The summed E-state index contributed by atoms with van der Waals surface area (Å²) in [5.41, 5.74) is 1.76. The van der Waals surface area contributed by atoms with Crippen LogP contribution in [0.15, 0.2) is 49.6 Å². The van der Waals surface area contributed by atoms with E-state index in [-0.39, 0.29) is 24.3 Å². The first-order chi connectivity index (χ1) is 12.5. The number of imidazole rings is 1. The number of para-hydroxylation sites is 2. The number of rotatable bonds is 7. The number of aromatic nitrogens is 2. The molecule has 0 saturated carbocycles. The lowest BCUT2D eigenvalue weighted by Crippen LogP contribution is -2.34. The Morgan fingerprint density at radius 1 is 1.31 bits per heavy atom. The first-order valence-corrected chi connectivity index (χ1v) is 8.73. The van der Waals surface area contributed by atoms with Gasteiger partial charge in [-0.2, -0.15) is 0 Å². The second-order valence-corrected chi connectivity index (χ2v) is 6.60. The fourth-order valence-corrected chi connectivity index (χ4v) is 3.43. The van der Waals surface area contributed by atoms with E-state index in [9.17, 15) is 9.59 Å². The lowest BCUT2D eigenvalue weighted by molar-refractivity contribution is -0.130.